The van der Waals surface area contributed by atoms with Gasteiger partial charge in [-0.2, -0.15) is 0 Å². The molecule has 1 N–H and O–H groups in total. The molecular formula is C18H17N3O4. The first-order valence-electron chi connectivity index (χ1n) is 8.15. The Kier molecular flexibility index (Phi) is 3.45. The summed E-state index contributed by atoms with van der Waals surface area (Å²) < 4.78 is 0. The lowest BCUT2D eigenvalue weighted by molar-refractivity contribution is -0.159. The normalized spacial score (nSPS) is 27.6. The van der Waals surface area contributed by atoms with Gasteiger partial charge >= 0.3 is 5.97 Å². The number of carbonyl (C=O) groups excluding carboxylic acids is 2. The lowest BCUT2D eigenvalue weighted by Crippen LogP contribution is -2.69. The Balaban J connectivity index is 1.70. The van der Waals surface area contributed by atoms with E-state index in [1.807, 2.05) is 12.1 Å². The van der Waals surface area contributed by atoms with Gasteiger partial charge in [0.05, 0.1) is 11.7 Å². The average molecular weight is 339 g/mol. The zero-order valence-electron chi connectivity index (χ0n) is 13.6. The van der Waals surface area contributed by atoms with Gasteiger partial charge in [-0.15, -0.1) is 0 Å². The molecule has 3 atom stereocenters. The van der Waals surface area contributed by atoms with E-state index in [4.69, 9.17) is 0 Å². The van der Waals surface area contributed by atoms with Crippen molar-refractivity contribution >= 4 is 23.9 Å². The van der Waals surface area contributed by atoms with E-state index < -0.39 is 12.0 Å². The molecule has 0 bridgehead atoms. The van der Waals surface area contributed by atoms with Crippen LogP contribution in [0.3, 0.4) is 0 Å². The Morgan fingerprint density at radius 2 is 2.12 bits per heavy atom. The predicted molar refractivity (Wildman–Crippen MR) is 87.8 cm³/mol. The van der Waals surface area contributed by atoms with Gasteiger partial charge < -0.3 is 10.0 Å². The molecule has 128 valence electrons. The largest absolute Gasteiger partial charge is 0.477 e. The first kappa shape index (κ1) is 15.6. The first-order chi connectivity index (χ1) is 12.0. The molecule has 3 aliphatic heterocycles. The summed E-state index contributed by atoms with van der Waals surface area (Å²) in [5.74, 6) is -1.50. The molecule has 25 heavy (non-hydrogen) atoms. The highest BCUT2D eigenvalue weighted by Crippen LogP contribution is 2.47. The quantitative estimate of drug-likeness (QED) is 0.826. The topological polar surface area (TPSA) is 90.8 Å². The molecule has 2 saturated heterocycles. The Hall–Kier alpha value is -2.96. The first-order valence-corrected chi connectivity index (χ1v) is 8.15. The van der Waals surface area contributed by atoms with E-state index in [-0.39, 0.29) is 29.5 Å². The molecule has 1 aromatic rings. The summed E-state index contributed by atoms with van der Waals surface area (Å²) in [7, 11) is 0. The van der Waals surface area contributed by atoms with Crippen LogP contribution in [0.25, 0.3) is 6.08 Å². The lowest BCUT2D eigenvalue weighted by Gasteiger charge is -2.49. The second-order valence-corrected chi connectivity index (χ2v) is 6.55. The second kappa shape index (κ2) is 5.54. The number of likely N-dealkylation sites (tertiary alicyclic amines) is 1. The van der Waals surface area contributed by atoms with Crippen molar-refractivity contribution in [1.29, 1.82) is 0 Å². The maximum Gasteiger partial charge on any atom is 0.352 e. The molecular weight excluding hydrogens is 322 g/mol. The van der Waals surface area contributed by atoms with Gasteiger partial charge in [0.1, 0.15) is 11.7 Å². The van der Waals surface area contributed by atoms with Gasteiger partial charge in [0.25, 0.3) is 5.91 Å². The molecule has 2 amide bonds. The Morgan fingerprint density at radius 1 is 1.32 bits per heavy atom. The molecule has 0 radical (unpaired) electrons. The van der Waals surface area contributed by atoms with Crippen LogP contribution in [0.15, 0.2) is 41.7 Å². The summed E-state index contributed by atoms with van der Waals surface area (Å²) in [5.41, 5.74) is 1.34. The van der Waals surface area contributed by atoms with Crippen molar-refractivity contribution in [1.82, 2.24) is 14.8 Å². The zero-order valence-corrected chi connectivity index (χ0v) is 13.6. The Morgan fingerprint density at radius 3 is 2.76 bits per heavy atom. The van der Waals surface area contributed by atoms with Gasteiger partial charge in [-0.05, 0) is 30.2 Å². The van der Waals surface area contributed by atoms with Gasteiger partial charge in [0, 0.05) is 25.6 Å². The summed E-state index contributed by atoms with van der Waals surface area (Å²) in [6, 6.07) is 4.76. The van der Waals surface area contributed by atoms with Crippen molar-refractivity contribution in [3.8, 4) is 0 Å². The van der Waals surface area contributed by atoms with Crippen LogP contribution in [0.2, 0.25) is 0 Å². The maximum absolute atomic E-state index is 12.5. The van der Waals surface area contributed by atoms with Gasteiger partial charge in [-0.3, -0.25) is 19.5 Å². The van der Waals surface area contributed by atoms with Crippen molar-refractivity contribution in [3.05, 3.63) is 47.4 Å². The molecule has 0 saturated carbocycles. The number of hydrogen-bond acceptors (Lipinski definition) is 4. The number of nitrogens with zero attached hydrogens (tertiary/aromatic N) is 3. The molecule has 7 heteroatoms. The third-order valence-corrected chi connectivity index (χ3v) is 5.14. The van der Waals surface area contributed by atoms with E-state index in [1.54, 1.807) is 29.3 Å². The SMILES string of the molecule is CC(=O)N1C[C@H]2CC(/C=C/c3ccccn3)=C(C(=O)O)N3C(=O)[C@@H]1[C@@H]23. The fraction of sp³-hybridized carbons (Fsp3) is 0.333. The number of amides is 2. The van der Waals surface area contributed by atoms with Crippen molar-refractivity contribution < 1.29 is 19.5 Å². The molecule has 0 aromatic carbocycles. The van der Waals surface area contributed by atoms with E-state index >= 15 is 0 Å². The number of β-lactam (4-membered cyclic amide) rings is 1. The highest BCUT2D eigenvalue weighted by molar-refractivity contribution is 6.02. The third kappa shape index (κ3) is 2.26. The second-order valence-electron chi connectivity index (χ2n) is 6.55. The van der Waals surface area contributed by atoms with E-state index in [0.717, 1.165) is 0 Å². The number of pyridine rings is 1. The molecule has 0 aliphatic carbocycles. The van der Waals surface area contributed by atoms with Crippen LogP contribution in [-0.2, 0) is 14.4 Å². The summed E-state index contributed by atoms with van der Waals surface area (Å²) >= 11 is 0. The number of allylic oxidation sites excluding steroid dienone is 2. The fourth-order valence-electron chi connectivity index (χ4n) is 4.11. The minimum absolute atomic E-state index is 0.0279. The molecule has 2 fully saturated rings. The van der Waals surface area contributed by atoms with Gasteiger partial charge in [-0.1, -0.05) is 12.1 Å². The molecule has 4 rings (SSSR count). The summed E-state index contributed by atoms with van der Waals surface area (Å²) in [5, 5.41) is 9.63. The molecule has 7 nitrogen and oxygen atoms in total. The van der Waals surface area contributed by atoms with Crippen molar-refractivity contribution in [2.45, 2.75) is 25.4 Å². The maximum atomic E-state index is 12.5. The van der Waals surface area contributed by atoms with Crippen LogP contribution in [0, 0.1) is 5.92 Å². The highest BCUT2D eigenvalue weighted by Gasteiger charge is 2.63. The van der Waals surface area contributed by atoms with Gasteiger partial charge in [0.2, 0.25) is 5.91 Å². The van der Waals surface area contributed by atoms with Crippen molar-refractivity contribution in [2.24, 2.45) is 5.92 Å². The Bertz CT molecular complexity index is 830. The zero-order chi connectivity index (χ0) is 17.7. The lowest BCUT2D eigenvalue weighted by atomic mass is 9.79. The van der Waals surface area contributed by atoms with E-state index in [0.29, 0.717) is 24.2 Å². The van der Waals surface area contributed by atoms with Crippen LogP contribution in [0.1, 0.15) is 19.0 Å². The van der Waals surface area contributed by atoms with Crippen molar-refractivity contribution in [2.75, 3.05) is 6.54 Å². The molecule has 4 heterocycles. The molecule has 1 aromatic heterocycles. The minimum atomic E-state index is -1.12. The number of aromatic nitrogens is 1. The van der Waals surface area contributed by atoms with E-state index in [2.05, 4.69) is 4.98 Å². The summed E-state index contributed by atoms with van der Waals surface area (Å²) in [6.45, 7) is 1.93. The third-order valence-electron chi connectivity index (χ3n) is 5.14. The number of hydrogen-bond donors (Lipinski definition) is 1. The minimum Gasteiger partial charge on any atom is -0.477 e. The molecule has 0 unspecified atom stereocenters. The number of carboxylic acid groups (broad SMARTS) is 1. The Labute approximate surface area is 144 Å². The van der Waals surface area contributed by atoms with Gasteiger partial charge in [-0.25, -0.2) is 4.79 Å². The number of carboxylic acids is 1. The van der Waals surface area contributed by atoms with E-state index in [1.165, 1.54) is 11.8 Å². The highest BCUT2D eigenvalue weighted by atomic mass is 16.4. The standard InChI is InChI=1S/C18H17N3O4/c1-10(22)20-9-12-8-11(5-6-13-4-2-3-7-19-13)15(18(24)25)21-14(12)16(20)17(21)23/h2-7,12,14,16H,8-9H2,1H3,(H,24,25)/b6-5+/t12-,14-,16+/m1/s1. The monoisotopic (exact) mass is 339 g/mol. The van der Waals surface area contributed by atoms with Crippen LogP contribution >= 0.6 is 0 Å². The van der Waals surface area contributed by atoms with Crippen molar-refractivity contribution in [3.63, 3.8) is 0 Å². The van der Waals surface area contributed by atoms with E-state index in [9.17, 15) is 19.5 Å². The van der Waals surface area contributed by atoms with Crippen LogP contribution < -0.4 is 0 Å². The fourth-order valence-corrected chi connectivity index (χ4v) is 4.11. The smallest absolute Gasteiger partial charge is 0.352 e. The number of carbonyl (C=O) groups is 3. The summed E-state index contributed by atoms with van der Waals surface area (Å²) in [4.78, 5) is 43.2. The predicted octanol–water partition coefficient (Wildman–Crippen LogP) is 0.895. The molecule has 3 aliphatic rings. The van der Waals surface area contributed by atoms with Crippen LogP contribution in [0.4, 0.5) is 0 Å². The number of aliphatic carboxylic acids is 1. The molecule has 0 spiro atoms. The van der Waals surface area contributed by atoms with Crippen LogP contribution in [-0.4, -0.2) is 56.3 Å². The average Bonchev–Trinajstić information content (AvgIpc) is 2.96. The number of rotatable bonds is 3. The van der Waals surface area contributed by atoms with Crippen LogP contribution in [0.5, 0.6) is 0 Å². The van der Waals surface area contributed by atoms with Gasteiger partial charge in [0.15, 0.2) is 0 Å². The summed E-state index contributed by atoms with van der Waals surface area (Å²) in [6.07, 6.45) is 5.66.